The lowest BCUT2D eigenvalue weighted by atomic mass is 9.90. The van der Waals surface area contributed by atoms with Crippen LogP contribution in [0.5, 0.6) is 0 Å². The van der Waals surface area contributed by atoms with E-state index in [9.17, 15) is 0 Å². The van der Waals surface area contributed by atoms with Crippen molar-refractivity contribution in [2.75, 3.05) is 11.9 Å². The van der Waals surface area contributed by atoms with Crippen molar-refractivity contribution >= 4 is 28.3 Å². The summed E-state index contributed by atoms with van der Waals surface area (Å²) in [7, 11) is 0. The number of ether oxygens (including phenoxy) is 1. The Balaban J connectivity index is 2.02. The maximum absolute atomic E-state index is 5.88. The van der Waals surface area contributed by atoms with Crippen molar-refractivity contribution in [1.29, 1.82) is 0 Å². The van der Waals surface area contributed by atoms with E-state index >= 15 is 0 Å². The van der Waals surface area contributed by atoms with E-state index in [0.29, 0.717) is 6.04 Å². The van der Waals surface area contributed by atoms with Gasteiger partial charge in [-0.3, -0.25) is 0 Å². The van der Waals surface area contributed by atoms with Gasteiger partial charge in [0.15, 0.2) is 0 Å². The van der Waals surface area contributed by atoms with Crippen LogP contribution in [0, 0.1) is 10.5 Å². The van der Waals surface area contributed by atoms with Crippen LogP contribution < -0.4 is 5.32 Å². The van der Waals surface area contributed by atoms with Gasteiger partial charge in [0.05, 0.1) is 5.60 Å². The predicted molar refractivity (Wildman–Crippen MR) is 85.2 cm³/mol. The van der Waals surface area contributed by atoms with E-state index in [1.807, 2.05) is 0 Å². The fourth-order valence-electron chi connectivity index (χ4n) is 2.42. The summed E-state index contributed by atoms with van der Waals surface area (Å²) in [5.74, 6) is 0. The van der Waals surface area contributed by atoms with Gasteiger partial charge in [-0.2, -0.15) is 0 Å². The number of benzene rings is 1. The first-order chi connectivity index (χ1) is 8.52. The molecule has 3 heteroatoms. The van der Waals surface area contributed by atoms with Crippen LogP contribution in [0.3, 0.4) is 0 Å². The van der Waals surface area contributed by atoms with E-state index in [4.69, 9.17) is 4.74 Å². The van der Waals surface area contributed by atoms with Crippen LogP contribution in [-0.2, 0) is 4.74 Å². The molecule has 0 aliphatic carbocycles. The molecule has 2 unspecified atom stereocenters. The smallest absolute Gasteiger partial charge is 0.0671 e. The summed E-state index contributed by atoms with van der Waals surface area (Å²) in [5.41, 5.74) is 2.62. The monoisotopic (exact) mass is 359 g/mol. The third-order valence-electron chi connectivity index (χ3n) is 3.89. The highest BCUT2D eigenvalue weighted by atomic mass is 127. The lowest BCUT2D eigenvalue weighted by molar-refractivity contribution is -0.0708. The van der Waals surface area contributed by atoms with Gasteiger partial charge in [0, 0.05) is 21.9 Å². The number of rotatable bonds is 3. The van der Waals surface area contributed by atoms with E-state index in [-0.39, 0.29) is 5.60 Å². The van der Waals surface area contributed by atoms with Crippen LogP contribution in [0.15, 0.2) is 18.2 Å². The molecule has 100 valence electrons. The molecule has 0 spiro atoms. The van der Waals surface area contributed by atoms with Crippen molar-refractivity contribution in [3.63, 3.8) is 0 Å². The Morgan fingerprint density at radius 3 is 2.94 bits per heavy atom. The Morgan fingerprint density at radius 1 is 1.50 bits per heavy atom. The number of hydrogen-bond acceptors (Lipinski definition) is 2. The average Bonchev–Trinajstić information content (AvgIpc) is 2.34. The van der Waals surface area contributed by atoms with Crippen LogP contribution in [-0.4, -0.2) is 18.2 Å². The van der Waals surface area contributed by atoms with Gasteiger partial charge in [-0.25, -0.2) is 0 Å². The fourth-order valence-corrected chi connectivity index (χ4v) is 2.93. The average molecular weight is 359 g/mol. The van der Waals surface area contributed by atoms with E-state index in [0.717, 1.165) is 25.9 Å². The molecular weight excluding hydrogens is 337 g/mol. The second-order valence-electron chi connectivity index (χ2n) is 5.45. The molecular formula is C15H22INO. The lowest BCUT2D eigenvalue weighted by Gasteiger charge is -2.38. The third-order valence-corrected chi connectivity index (χ3v) is 5.05. The van der Waals surface area contributed by atoms with Crippen LogP contribution in [0.4, 0.5) is 5.69 Å². The second-order valence-corrected chi connectivity index (χ2v) is 6.61. The quantitative estimate of drug-likeness (QED) is 0.810. The summed E-state index contributed by atoms with van der Waals surface area (Å²) in [6, 6.07) is 7.12. The van der Waals surface area contributed by atoms with Gasteiger partial charge in [0.25, 0.3) is 0 Å². The molecule has 1 fully saturated rings. The van der Waals surface area contributed by atoms with Crippen molar-refractivity contribution in [2.45, 2.75) is 51.7 Å². The van der Waals surface area contributed by atoms with E-state index in [2.05, 4.69) is 66.9 Å². The van der Waals surface area contributed by atoms with Gasteiger partial charge in [0.1, 0.15) is 0 Å². The number of halogens is 1. The SMILES string of the molecule is CCC1(C)CC(Nc2ccc(C)c(I)c2)CCO1. The summed E-state index contributed by atoms with van der Waals surface area (Å²) in [4.78, 5) is 0. The van der Waals surface area contributed by atoms with Crippen molar-refractivity contribution in [3.05, 3.63) is 27.3 Å². The van der Waals surface area contributed by atoms with Crippen LogP contribution in [0.2, 0.25) is 0 Å². The van der Waals surface area contributed by atoms with Gasteiger partial charge in [0.2, 0.25) is 0 Å². The van der Waals surface area contributed by atoms with E-state index in [1.165, 1.54) is 14.8 Å². The number of aryl methyl sites for hydroxylation is 1. The molecule has 0 radical (unpaired) electrons. The summed E-state index contributed by atoms with van der Waals surface area (Å²) in [5, 5.41) is 3.65. The summed E-state index contributed by atoms with van der Waals surface area (Å²) in [6.07, 6.45) is 3.27. The minimum absolute atomic E-state index is 0.0494. The first-order valence-electron chi connectivity index (χ1n) is 6.69. The van der Waals surface area contributed by atoms with Gasteiger partial charge in [-0.05, 0) is 73.4 Å². The van der Waals surface area contributed by atoms with Crippen molar-refractivity contribution in [3.8, 4) is 0 Å². The second kappa shape index (κ2) is 5.78. The minimum atomic E-state index is 0.0494. The lowest BCUT2D eigenvalue weighted by Crippen LogP contribution is -2.41. The molecule has 1 aliphatic heterocycles. The molecule has 0 amide bonds. The standard InChI is InChI=1S/C15H22INO/c1-4-15(3)10-13(7-8-18-15)17-12-6-5-11(2)14(16)9-12/h5-6,9,13,17H,4,7-8,10H2,1-3H3. The molecule has 0 saturated carbocycles. The van der Waals surface area contributed by atoms with Gasteiger partial charge in [-0.1, -0.05) is 13.0 Å². The molecule has 1 heterocycles. The number of nitrogens with one attached hydrogen (secondary N) is 1. The maximum Gasteiger partial charge on any atom is 0.0671 e. The van der Waals surface area contributed by atoms with Crippen LogP contribution in [0.1, 0.15) is 38.7 Å². The summed E-state index contributed by atoms with van der Waals surface area (Å²) >= 11 is 2.39. The maximum atomic E-state index is 5.88. The van der Waals surface area contributed by atoms with Crippen LogP contribution >= 0.6 is 22.6 Å². The molecule has 2 nitrogen and oxygen atoms in total. The molecule has 1 aromatic rings. The van der Waals surface area contributed by atoms with Crippen molar-refractivity contribution in [1.82, 2.24) is 0 Å². The third kappa shape index (κ3) is 3.38. The van der Waals surface area contributed by atoms with Gasteiger partial charge >= 0.3 is 0 Å². The molecule has 1 saturated heterocycles. The van der Waals surface area contributed by atoms with Crippen LogP contribution in [0.25, 0.3) is 0 Å². The fraction of sp³-hybridized carbons (Fsp3) is 0.600. The van der Waals surface area contributed by atoms with Crippen molar-refractivity contribution in [2.24, 2.45) is 0 Å². The first kappa shape index (κ1) is 14.1. The minimum Gasteiger partial charge on any atom is -0.382 e. The Kier molecular flexibility index (Phi) is 4.54. The van der Waals surface area contributed by atoms with Gasteiger partial charge < -0.3 is 10.1 Å². The zero-order chi connectivity index (χ0) is 13.2. The molecule has 2 atom stereocenters. The van der Waals surface area contributed by atoms with E-state index in [1.54, 1.807) is 0 Å². The molecule has 1 aliphatic rings. The largest absolute Gasteiger partial charge is 0.382 e. The first-order valence-corrected chi connectivity index (χ1v) is 7.77. The predicted octanol–water partition coefficient (Wildman–Crippen LogP) is 4.36. The zero-order valence-corrected chi connectivity index (χ0v) is 13.6. The van der Waals surface area contributed by atoms with Gasteiger partial charge in [-0.15, -0.1) is 0 Å². The molecule has 1 aromatic carbocycles. The Bertz CT molecular complexity index is 421. The highest BCUT2D eigenvalue weighted by molar-refractivity contribution is 14.1. The highest BCUT2D eigenvalue weighted by Crippen LogP contribution is 2.30. The molecule has 18 heavy (non-hydrogen) atoms. The normalized spacial score (nSPS) is 28.1. The molecule has 1 N–H and O–H groups in total. The van der Waals surface area contributed by atoms with Crippen molar-refractivity contribution < 1.29 is 4.74 Å². The number of hydrogen-bond donors (Lipinski definition) is 1. The summed E-state index contributed by atoms with van der Waals surface area (Å²) in [6.45, 7) is 7.44. The zero-order valence-electron chi connectivity index (χ0n) is 11.4. The van der Waals surface area contributed by atoms with E-state index < -0.39 is 0 Å². The highest BCUT2D eigenvalue weighted by Gasteiger charge is 2.31. The Hall–Kier alpha value is -0.290. The molecule has 0 aromatic heterocycles. The molecule has 0 bridgehead atoms. The number of anilines is 1. The Labute approximate surface area is 124 Å². The Morgan fingerprint density at radius 2 is 2.28 bits per heavy atom. The topological polar surface area (TPSA) is 21.3 Å². The molecule has 2 rings (SSSR count). The summed E-state index contributed by atoms with van der Waals surface area (Å²) < 4.78 is 7.21.